The minimum Gasteiger partial charge on any atom is -0.172 e. The molecule has 0 nitrogen and oxygen atoms in total. The molecule has 0 aliphatic heterocycles. The summed E-state index contributed by atoms with van der Waals surface area (Å²) in [4.78, 5) is 0. The van der Waals surface area contributed by atoms with Gasteiger partial charge in [-0.25, -0.2) is 0 Å². The van der Waals surface area contributed by atoms with Crippen molar-refractivity contribution in [3.8, 4) is 0 Å². The van der Waals surface area contributed by atoms with Crippen molar-refractivity contribution in [2.45, 2.75) is 44.8 Å². The molecular weight excluding hydrogens is 152 g/mol. The third-order valence-corrected chi connectivity index (χ3v) is 4.76. The van der Waals surface area contributed by atoms with Crippen LogP contribution in [0, 0.1) is 17.3 Å². The number of hydrogen-bond acceptors (Lipinski definition) is 1. The average Bonchev–Trinajstić information content (AvgIpc) is 1.84. The second-order valence-electron chi connectivity index (χ2n) is 5.20. The second kappa shape index (κ2) is 1.99. The number of hydrogen-bond donors (Lipinski definition) is 1. The molecule has 0 N–H and O–H groups in total. The van der Waals surface area contributed by atoms with Gasteiger partial charge in [0.25, 0.3) is 0 Å². The predicted molar refractivity (Wildman–Crippen MR) is 52.0 cm³/mol. The third kappa shape index (κ3) is 0.898. The average molecular weight is 170 g/mol. The zero-order valence-electron chi connectivity index (χ0n) is 7.72. The Labute approximate surface area is 75.2 Å². The molecule has 2 bridgehead atoms. The highest BCUT2D eigenvalue weighted by molar-refractivity contribution is 7.81. The molecular formula is C10H18S. The van der Waals surface area contributed by atoms with Gasteiger partial charge in [0.15, 0.2) is 0 Å². The van der Waals surface area contributed by atoms with Crippen molar-refractivity contribution >= 4 is 12.6 Å². The first-order chi connectivity index (χ1) is 4.94. The molecule has 0 aromatic heterocycles. The summed E-state index contributed by atoms with van der Waals surface area (Å²) in [5, 5.41) is 0. The largest absolute Gasteiger partial charge is 0.172 e. The molecule has 3 aliphatic carbocycles. The lowest BCUT2D eigenvalue weighted by Gasteiger charge is -2.63. The summed E-state index contributed by atoms with van der Waals surface area (Å²) >= 11 is 4.76. The van der Waals surface area contributed by atoms with Crippen molar-refractivity contribution < 1.29 is 0 Å². The standard InChI is InChI=1S/C10H18S/c1-9(2)7-4-5-10(3,11)8(9)6-7/h7-8,11H,4-6H2,1-3H3/t7-,8+,10?/m1/s1. The summed E-state index contributed by atoms with van der Waals surface area (Å²) < 4.78 is 0.332. The zero-order valence-corrected chi connectivity index (χ0v) is 8.62. The van der Waals surface area contributed by atoms with E-state index in [0.717, 1.165) is 11.8 Å². The number of rotatable bonds is 0. The van der Waals surface area contributed by atoms with Crippen molar-refractivity contribution in [1.29, 1.82) is 0 Å². The molecule has 3 rings (SSSR count). The third-order valence-electron chi connectivity index (χ3n) is 4.22. The van der Waals surface area contributed by atoms with E-state index >= 15 is 0 Å². The first-order valence-electron chi connectivity index (χ1n) is 4.67. The molecule has 64 valence electrons. The van der Waals surface area contributed by atoms with Crippen molar-refractivity contribution in [1.82, 2.24) is 0 Å². The molecule has 1 heteroatoms. The van der Waals surface area contributed by atoms with E-state index in [2.05, 4.69) is 20.8 Å². The van der Waals surface area contributed by atoms with Gasteiger partial charge in [-0.3, -0.25) is 0 Å². The summed E-state index contributed by atoms with van der Waals surface area (Å²) in [6.45, 7) is 7.15. The van der Waals surface area contributed by atoms with Gasteiger partial charge in [-0.1, -0.05) is 20.8 Å². The highest BCUT2D eigenvalue weighted by Gasteiger charge is 2.57. The normalized spacial score (nSPS) is 53.5. The Balaban J connectivity index is 2.23. The first-order valence-corrected chi connectivity index (χ1v) is 5.12. The van der Waals surface area contributed by atoms with Crippen molar-refractivity contribution in [3.05, 3.63) is 0 Å². The quantitative estimate of drug-likeness (QED) is 0.531. The van der Waals surface area contributed by atoms with Crippen LogP contribution in [-0.4, -0.2) is 4.75 Å². The lowest BCUT2D eigenvalue weighted by molar-refractivity contribution is -0.0845. The Morgan fingerprint density at radius 1 is 1.27 bits per heavy atom. The molecule has 0 spiro atoms. The van der Waals surface area contributed by atoms with Crippen LogP contribution in [0.4, 0.5) is 0 Å². The Bertz CT molecular complexity index is 171. The van der Waals surface area contributed by atoms with E-state index < -0.39 is 0 Å². The maximum Gasteiger partial charge on any atom is 0.0135 e. The minimum atomic E-state index is 0.332. The molecule has 0 aromatic rings. The smallest absolute Gasteiger partial charge is 0.0135 e. The Hall–Kier alpha value is 0.350. The zero-order chi connectivity index (χ0) is 8.28. The SMILES string of the molecule is CC1(S)CC[C@@H]2C[C@H]1C2(C)C. The second-order valence-corrected chi connectivity index (χ2v) is 6.22. The van der Waals surface area contributed by atoms with Gasteiger partial charge in [-0.05, 0) is 36.5 Å². The molecule has 3 atom stereocenters. The van der Waals surface area contributed by atoms with Crippen LogP contribution in [0.1, 0.15) is 40.0 Å². The monoisotopic (exact) mass is 170 g/mol. The van der Waals surface area contributed by atoms with E-state index in [-0.39, 0.29) is 0 Å². The molecule has 1 unspecified atom stereocenters. The molecule has 3 saturated carbocycles. The van der Waals surface area contributed by atoms with Gasteiger partial charge in [0.1, 0.15) is 0 Å². The van der Waals surface area contributed by atoms with Gasteiger partial charge >= 0.3 is 0 Å². The topological polar surface area (TPSA) is 0 Å². The van der Waals surface area contributed by atoms with Gasteiger partial charge in [0, 0.05) is 4.75 Å². The Kier molecular flexibility index (Phi) is 1.44. The van der Waals surface area contributed by atoms with Crippen LogP contribution in [0.3, 0.4) is 0 Å². The van der Waals surface area contributed by atoms with E-state index in [1.165, 1.54) is 19.3 Å². The maximum absolute atomic E-state index is 4.76. The molecule has 11 heavy (non-hydrogen) atoms. The highest BCUT2D eigenvalue weighted by atomic mass is 32.1. The van der Waals surface area contributed by atoms with Gasteiger partial charge in [0.2, 0.25) is 0 Å². The van der Waals surface area contributed by atoms with E-state index in [1.54, 1.807) is 0 Å². The van der Waals surface area contributed by atoms with Gasteiger partial charge < -0.3 is 0 Å². The predicted octanol–water partition coefficient (Wildman–Crippen LogP) is 3.13. The number of fused-ring (bicyclic) bond motifs is 2. The fourth-order valence-electron chi connectivity index (χ4n) is 3.20. The lowest BCUT2D eigenvalue weighted by atomic mass is 9.45. The van der Waals surface area contributed by atoms with E-state index in [0.29, 0.717) is 10.2 Å². The Morgan fingerprint density at radius 2 is 1.91 bits per heavy atom. The van der Waals surface area contributed by atoms with Crippen LogP contribution in [0.25, 0.3) is 0 Å². The summed E-state index contributed by atoms with van der Waals surface area (Å²) in [5.74, 6) is 1.88. The van der Waals surface area contributed by atoms with Crippen LogP contribution >= 0.6 is 12.6 Å². The molecule has 0 saturated heterocycles. The fraction of sp³-hybridized carbons (Fsp3) is 1.00. The summed E-state index contributed by atoms with van der Waals surface area (Å²) in [6.07, 6.45) is 4.17. The van der Waals surface area contributed by atoms with Gasteiger partial charge in [-0.15, -0.1) is 0 Å². The molecule has 3 aliphatic rings. The van der Waals surface area contributed by atoms with E-state index in [9.17, 15) is 0 Å². The number of thiol groups is 1. The van der Waals surface area contributed by atoms with Crippen LogP contribution < -0.4 is 0 Å². The fourth-order valence-corrected chi connectivity index (χ4v) is 3.77. The van der Waals surface area contributed by atoms with E-state index in [1.807, 2.05) is 0 Å². The summed E-state index contributed by atoms with van der Waals surface area (Å²) in [7, 11) is 0. The van der Waals surface area contributed by atoms with E-state index in [4.69, 9.17) is 12.6 Å². The molecule has 0 aromatic carbocycles. The minimum absolute atomic E-state index is 0.332. The highest BCUT2D eigenvalue weighted by Crippen LogP contribution is 2.64. The van der Waals surface area contributed by atoms with Gasteiger partial charge in [-0.2, -0.15) is 12.6 Å². The first kappa shape index (κ1) is 7.97. The summed E-state index contributed by atoms with van der Waals surface area (Å²) in [5.41, 5.74) is 0.592. The van der Waals surface area contributed by atoms with Crippen LogP contribution in [0.5, 0.6) is 0 Å². The van der Waals surface area contributed by atoms with Crippen LogP contribution in [0.2, 0.25) is 0 Å². The molecule has 0 amide bonds. The van der Waals surface area contributed by atoms with Crippen molar-refractivity contribution in [2.75, 3.05) is 0 Å². The molecule has 0 heterocycles. The summed E-state index contributed by atoms with van der Waals surface area (Å²) in [6, 6.07) is 0. The maximum atomic E-state index is 4.76. The lowest BCUT2D eigenvalue weighted by Crippen LogP contribution is -2.57. The van der Waals surface area contributed by atoms with Crippen molar-refractivity contribution in [3.63, 3.8) is 0 Å². The van der Waals surface area contributed by atoms with Crippen molar-refractivity contribution in [2.24, 2.45) is 17.3 Å². The molecule has 3 fully saturated rings. The Morgan fingerprint density at radius 3 is 2.18 bits per heavy atom. The van der Waals surface area contributed by atoms with Gasteiger partial charge in [0.05, 0.1) is 0 Å². The van der Waals surface area contributed by atoms with Crippen LogP contribution in [0.15, 0.2) is 0 Å². The molecule has 0 radical (unpaired) electrons. The van der Waals surface area contributed by atoms with Crippen LogP contribution in [-0.2, 0) is 0 Å².